The molecular formula is C12H16BrNO. The van der Waals surface area contributed by atoms with E-state index in [4.69, 9.17) is 4.74 Å². The second-order valence-electron chi connectivity index (χ2n) is 4.18. The van der Waals surface area contributed by atoms with Crippen LogP contribution < -0.4 is 10.1 Å². The van der Waals surface area contributed by atoms with Gasteiger partial charge in [-0.3, -0.25) is 0 Å². The molecule has 0 radical (unpaired) electrons. The molecule has 1 unspecified atom stereocenters. The van der Waals surface area contributed by atoms with E-state index in [1.807, 2.05) is 12.1 Å². The van der Waals surface area contributed by atoms with Crippen LogP contribution in [0.25, 0.3) is 0 Å². The van der Waals surface area contributed by atoms with Gasteiger partial charge in [0.15, 0.2) is 0 Å². The summed E-state index contributed by atoms with van der Waals surface area (Å²) in [5, 5.41) is 3.55. The topological polar surface area (TPSA) is 21.3 Å². The lowest BCUT2D eigenvalue weighted by atomic mass is 9.90. The lowest BCUT2D eigenvalue weighted by molar-refractivity contribution is 0.369. The molecule has 1 saturated heterocycles. The maximum absolute atomic E-state index is 5.43. The van der Waals surface area contributed by atoms with Crippen LogP contribution in [0.4, 0.5) is 0 Å². The Morgan fingerprint density at radius 3 is 2.87 bits per heavy atom. The van der Waals surface area contributed by atoms with Crippen molar-refractivity contribution in [3.63, 3.8) is 0 Å². The van der Waals surface area contributed by atoms with Crippen LogP contribution in [-0.4, -0.2) is 13.7 Å². The van der Waals surface area contributed by atoms with E-state index in [-0.39, 0.29) is 5.54 Å². The van der Waals surface area contributed by atoms with E-state index in [1.165, 1.54) is 12.0 Å². The van der Waals surface area contributed by atoms with Gasteiger partial charge in [-0.25, -0.2) is 0 Å². The van der Waals surface area contributed by atoms with Crippen LogP contribution in [0.1, 0.15) is 25.3 Å². The molecule has 0 aliphatic carbocycles. The van der Waals surface area contributed by atoms with Gasteiger partial charge in [-0.05, 0) is 38.4 Å². The fourth-order valence-electron chi connectivity index (χ4n) is 2.32. The van der Waals surface area contributed by atoms with E-state index in [0.29, 0.717) is 0 Å². The molecule has 0 amide bonds. The summed E-state index contributed by atoms with van der Waals surface area (Å²) in [5.41, 5.74) is 1.29. The molecular weight excluding hydrogens is 254 g/mol. The van der Waals surface area contributed by atoms with Gasteiger partial charge in [0.05, 0.1) is 7.11 Å². The summed E-state index contributed by atoms with van der Waals surface area (Å²) in [5.74, 6) is 0.960. The molecule has 1 aliphatic rings. The molecule has 2 nitrogen and oxygen atoms in total. The number of hydrogen-bond acceptors (Lipinski definition) is 2. The zero-order valence-corrected chi connectivity index (χ0v) is 10.7. The number of ether oxygens (including phenoxy) is 1. The van der Waals surface area contributed by atoms with E-state index in [0.717, 1.165) is 23.2 Å². The van der Waals surface area contributed by atoms with Gasteiger partial charge in [-0.1, -0.05) is 22.0 Å². The lowest BCUT2D eigenvalue weighted by Gasteiger charge is -2.28. The van der Waals surface area contributed by atoms with Gasteiger partial charge in [-0.15, -0.1) is 0 Å². The van der Waals surface area contributed by atoms with Gasteiger partial charge in [0.2, 0.25) is 0 Å². The minimum Gasteiger partial charge on any atom is -0.496 e. The molecule has 0 saturated carbocycles. The highest BCUT2D eigenvalue weighted by Gasteiger charge is 2.34. The van der Waals surface area contributed by atoms with Crippen molar-refractivity contribution >= 4 is 15.9 Å². The second-order valence-corrected chi connectivity index (χ2v) is 5.03. The maximum Gasteiger partial charge on any atom is 0.125 e. The summed E-state index contributed by atoms with van der Waals surface area (Å²) in [6.07, 6.45) is 2.38. The van der Waals surface area contributed by atoms with Crippen LogP contribution in [0.15, 0.2) is 22.7 Å². The molecule has 1 fully saturated rings. The van der Waals surface area contributed by atoms with Gasteiger partial charge < -0.3 is 10.1 Å². The predicted molar refractivity (Wildman–Crippen MR) is 65.3 cm³/mol. The molecule has 1 N–H and O–H groups in total. The SMILES string of the molecule is COc1cccc(Br)c1C1(C)CCCN1. The van der Waals surface area contributed by atoms with Crippen molar-refractivity contribution in [2.75, 3.05) is 13.7 Å². The van der Waals surface area contributed by atoms with Crippen molar-refractivity contribution < 1.29 is 4.74 Å². The Balaban J connectivity index is 2.49. The molecule has 1 heterocycles. The summed E-state index contributed by atoms with van der Waals surface area (Å²) < 4.78 is 6.56. The first-order valence-corrected chi connectivity index (χ1v) is 6.05. The second kappa shape index (κ2) is 4.14. The molecule has 1 atom stereocenters. The molecule has 0 bridgehead atoms. The van der Waals surface area contributed by atoms with Crippen LogP contribution in [0.2, 0.25) is 0 Å². The fourth-order valence-corrected chi connectivity index (χ4v) is 3.10. The molecule has 82 valence electrons. The molecule has 2 rings (SSSR count). The van der Waals surface area contributed by atoms with E-state index in [1.54, 1.807) is 7.11 Å². The van der Waals surface area contributed by atoms with Crippen LogP contribution in [0.3, 0.4) is 0 Å². The van der Waals surface area contributed by atoms with Gasteiger partial charge in [0.1, 0.15) is 5.75 Å². The number of rotatable bonds is 2. The lowest BCUT2D eigenvalue weighted by Crippen LogP contribution is -2.33. The van der Waals surface area contributed by atoms with Crippen molar-refractivity contribution in [1.82, 2.24) is 5.32 Å². The largest absolute Gasteiger partial charge is 0.496 e. The fraction of sp³-hybridized carbons (Fsp3) is 0.500. The third-order valence-electron chi connectivity index (χ3n) is 3.12. The highest BCUT2D eigenvalue weighted by Crippen LogP contribution is 2.40. The summed E-state index contributed by atoms with van der Waals surface area (Å²) in [4.78, 5) is 0. The predicted octanol–water partition coefficient (Wildman–Crippen LogP) is 3.06. The maximum atomic E-state index is 5.43. The molecule has 1 aromatic rings. The number of nitrogens with one attached hydrogen (secondary N) is 1. The number of benzene rings is 1. The van der Waals surface area contributed by atoms with Crippen molar-refractivity contribution in [2.24, 2.45) is 0 Å². The minimum absolute atomic E-state index is 0.0471. The number of methoxy groups -OCH3 is 1. The normalized spacial score (nSPS) is 25.5. The van der Waals surface area contributed by atoms with Gasteiger partial charge in [-0.2, -0.15) is 0 Å². The van der Waals surface area contributed by atoms with Crippen molar-refractivity contribution in [2.45, 2.75) is 25.3 Å². The first kappa shape index (κ1) is 11.0. The highest BCUT2D eigenvalue weighted by atomic mass is 79.9. The smallest absolute Gasteiger partial charge is 0.125 e. The molecule has 0 spiro atoms. The number of halogens is 1. The number of hydrogen-bond donors (Lipinski definition) is 1. The van der Waals surface area contributed by atoms with Crippen molar-refractivity contribution in [3.8, 4) is 5.75 Å². The van der Waals surface area contributed by atoms with Crippen LogP contribution in [0.5, 0.6) is 5.75 Å². The zero-order valence-electron chi connectivity index (χ0n) is 9.14. The standard InChI is InChI=1S/C12H16BrNO/c1-12(7-4-8-14-12)11-9(13)5-3-6-10(11)15-2/h3,5-6,14H,4,7-8H2,1-2H3. The zero-order chi connectivity index (χ0) is 10.9. The third kappa shape index (κ3) is 1.91. The Bertz CT molecular complexity index is 359. The van der Waals surface area contributed by atoms with Gasteiger partial charge in [0.25, 0.3) is 0 Å². The Labute approximate surface area is 99.1 Å². The Morgan fingerprint density at radius 2 is 2.27 bits per heavy atom. The van der Waals surface area contributed by atoms with Crippen molar-refractivity contribution in [3.05, 3.63) is 28.2 Å². The van der Waals surface area contributed by atoms with Crippen LogP contribution >= 0.6 is 15.9 Å². The summed E-state index contributed by atoms with van der Waals surface area (Å²) in [6, 6.07) is 6.10. The van der Waals surface area contributed by atoms with Crippen molar-refractivity contribution in [1.29, 1.82) is 0 Å². The first-order valence-electron chi connectivity index (χ1n) is 5.25. The van der Waals surface area contributed by atoms with Gasteiger partial charge >= 0.3 is 0 Å². The summed E-state index contributed by atoms with van der Waals surface area (Å²) in [6.45, 7) is 3.32. The Morgan fingerprint density at radius 1 is 1.47 bits per heavy atom. The molecule has 15 heavy (non-hydrogen) atoms. The Kier molecular flexibility index (Phi) is 3.03. The first-order chi connectivity index (χ1) is 7.17. The molecule has 0 aromatic heterocycles. The van der Waals surface area contributed by atoms with E-state index in [9.17, 15) is 0 Å². The molecule has 1 aliphatic heterocycles. The quantitative estimate of drug-likeness (QED) is 0.891. The average molecular weight is 270 g/mol. The molecule has 3 heteroatoms. The van der Waals surface area contributed by atoms with Crippen LogP contribution in [-0.2, 0) is 5.54 Å². The average Bonchev–Trinajstić information content (AvgIpc) is 2.65. The Hall–Kier alpha value is -0.540. The molecule has 1 aromatic carbocycles. The van der Waals surface area contributed by atoms with Crippen LogP contribution in [0, 0.1) is 0 Å². The summed E-state index contributed by atoms with van der Waals surface area (Å²) >= 11 is 3.61. The van der Waals surface area contributed by atoms with E-state index < -0.39 is 0 Å². The minimum atomic E-state index is 0.0471. The van der Waals surface area contributed by atoms with E-state index in [2.05, 4.69) is 34.2 Å². The van der Waals surface area contributed by atoms with E-state index >= 15 is 0 Å². The third-order valence-corrected chi connectivity index (χ3v) is 3.78. The monoisotopic (exact) mass is 269 g/mol. The van der Waals surface area contributed by atoms with Gasteiger partial charge in [0, 0.05) is 15.6 Å². The summed E-state index contributed by atoms with van der Waals surface area (Å²) in [7, 11) is 1.73. The highest BCUT2D eigenvalue weighted by molar-refractivity contribution is 9.10.